The van der Waals surface area contributed by atoms with Crippen LogP contribution in [0, 0.1) is 13.8 Å². The Morgan fingerprint density at radius 2 is 0.956 bits per heavy atom. The van der Waals surface area contributed by atoms with Gasteiger partial charge in [-0.15, -0.1) is 0 Å². The van der Waals surface area contributed by atoms with Crippen LogP contribution in [0.1, 0.15) is 11.1 Å². The number of pyridine rings is 2. The molecule has 3 heteroatoms. The molecule has 7 aromatic rings. The predicted molar refractivity (Wildman–Crippen MR) is 185 cm³/mol. The maximum absolute atomic E-state index is 6.65. The Morgan fingerprint density at radius 1 is 0.400 bits per heavy atom. The zero-order valence-electron chi connectivity index (χ0n) is 25.3. The van der Waals surface area contributed by atoms with Gasteiger partial charge in [0.1, 0.15) is 11.5 Å². The van der Waals surface area contributed by atoms with Crippen molar-refractivity contribution in [1.82, 2.24) is 9.97 Å². The van der Waals surface area contributed by atoms with Gasteiger partial charge in [-0.05, 0) is 113 Å². The van der Waals surface area contributed by atoms with Crippen molar-refractivity contribution in [1.29, 1.82) is 0 Å². The van der Waals surface area contributed by atoms with Crippen LogP contribution in [0.25, 0.3) is 55.9 Å². The summed E-state index contributed by atoms with van der Waals surface area (Å²) in [6, 6.07) is 50.2. The first-order valence-electron chi connectivity index (χ1n) is 15.2. The average Bonchev–Trinajstić information content (AvgIpc) is 3.09. The number of nitrogens with zero attached hydrogens (tertiary/aromatic N) is 2. The summed E-state index contributed by atoms with van der Waals surface area (Å²) in [6.07, 6.45) is 3.67. The second kappa shape index (κ2) is 12.4. The molecule has 2 heterocycles. The number of ether oxygens (including phenoxy) is 1. The highest BCUT2D eigenvalue weighted by molar-refractivity contribution is 5.91. The van der Waals surface area contributed by atoms with Crippen molar-refractivity contribution in [2.45, 2.75) is 13.8 Å². The SMILES string of the molecule is Cc1cccc(C)c1-c1cc(Oc2cccc(-c3ccccc3-c3ccccc3-c3ccccn3)c2)cc(-c2ccccn2)c1. The molecule has 5 aromatic carbocycles. The Morgan fingerprint density at radius 3 is 1.64 bits per heavy atom. The highest BCUT2D eigenvalue weighted by Crippen LogP contribution is 2.40. The molecule has 0 N–H and O–H groups in total. The highest BCUT2D eigenvalue weighted by atomic mass is 16.5. The van der Waals surface area contributed by atoms with Gasteiger partial charge in [0.05, 0.1) is 11.4 Å². The monoisotopic (exact) mass is 580 g/mol. The van der Waals surface area contributed by atoms with Crippen LogP contribution in [0.5, 0.6) is 11.5 Å². The lowest BCUT2D eigenvalue weighted by Gasteiger charge is -2.16. The van der Waals surface area contributed by atoms with Crippen molar-refractivity contribution >= 4 is 0 Å². The molecule has 0 saturated carbocycles. The summed E-state index contributed by atoms with van der Waals surface area (Å²) in [7, 11) is 0. The second-order valence-electron chi connectivity index (χ2n) is 11.2. The van der Waals surface area contributed by atoms with Gasteiger partial charge in [0.2, 0.25) is 0 Å². The van der Waals surface area contributed by atoms with E-state index in [1.165, 1.54) is 16.7 Å². The fraction of sp³-hybridized carbons (Fsp3) is 0.0476. The Hall–Kier alpha value is -5.80. The van der Waals surface area contributed by atoms with Gasteiger partial charge in [-0.25, -0.2) is 0 Å². The molecule has 0 atom stereocenters. The van der Waals surface area contributed by atoms with Crippen LogP contribution < -0.4 is 4.74 Å². The van der Waals surface area contributed by atoms with Gasteiger partial charge in [-0.2, -0.15) is 0 Å². The summed E-state index contributed by atoms with van der Waals surface area (Å²) in [5.41, 5.74) is 13.2. The number of hydrogen-bond acceptors (Lipinski definition) is 3. The number of benzene rings is 5. The minimum Gasteiger partial charge on any atom is -0.457 e. The smallest absolute Gasteiger partial charge is 0.128 e. The van der Waals surface area contributed by atoms with E-state index in [2.05, 4.69) is 133 Å². The Balaban J connectivity index is 1.30. The normalized spacial score (nSPS) is 10.9. The first-order valence-corrected chi connectivity index (χ1v) is 15.2. The van der Waals surface area contributed by atoms with Crippen molar-refractivity contribution in [2.24, 2.45) is 0 Å². The largest absolute Gasteiger partial charge is 0.457 e. The zero-order chi connectivity index (χ0) is 30.6. The van der Waals surface area contributed by atoms with Crippen molar-refractivity contribution in [3.05, 3.63) is 169 Å². The fourth-order valence-electron chi connectivity index (χ4n) is 6.05. The molecule has 0 fully saturated rings. The summed E-state index contributed by atoms with van der Waals surface area (Å²) in [4.78, 5) is 9.28. The van der Waals surface area contributed by atoms with E-state index in [-0.39, 0.29) is 0 Å². The second-order valence-corrected chi connectivity index (χ2v) is 11.2. The van der Waals surface area contributed by atoms with Gasteiger partial charge in [0, 0.05) is 23.5 Å². The molecular weight excluding hydrogens is 548 g/mol. The van der Waals surface area contributed by atoms with Crippen LogP contribution in [-0.2, 0) is 0 Å². The number of hydrogen-bond donors (Lipinski definition) is 0. The molecule has 0 aliphatic carbocycles. The van der Waals surface area contributed by atoms with E-state index in [1.54, 1.807) is 0 Å². The standard InChI is InChI=1S/C42H32N2O/c1-29-13-11-14-30(2)42(29)33-25-32(40-21-7-9-23-43-40)27-35(28-33)45-34-16-12-15-31(26-34)36-17-3-4-18-37(36)38-19-5-6-20-39(38)41-22-8-10-24-44-41/h3-28H,1-2H3. The summed E-state index contributed by atoms with van der Waals surface area (Å²) < 4.78 is 6.65. The maximum atomic E-state index is 6.65. The molecule has 0 radical (unpaired) electrons. The number of aromatic nitrogens is 2. The third kappa shape index (κ3) is 5.89. The van der Waals surface area contributed by atoms with E-state index in [1.807, 2.05) is 48.8 Å². The molecule has 3 nitrogen and oxygen atoms in total. The van der Waals surface area contributed by atoms with Gasteiger partial charge in [0.25, 0.3) is 0 Å². The topological polar surface area (TPSA) is 35.0 Å². The van der Waals surface area contributed by atoms with Gasteiger partial charge in [-0.3, -0.25) is 9.97 Å². The molecule has 0 bridgehead atoms. The Bertz CT molecular complexity index is 2080. The fourth-order valence-corrected chi connectivity index (χ4v) is 6.05. The Kier molecular flexibility index (Phi) is 7.74. The zero-order valence-corrected chi connectivity index (χ0v) is 25.3. The molecule has 7 rings (SSSR count). The van der Waals surface area contributed by atoms with Crippen LogP contribution in [-0.4, -0.2) is 9.97 Å². The first kappa shape index (κ1) is 28.0. The van der Waals surface area contributed by atoms with Crippen LogP contribution in [0.2, 0.25) is 0 Å². The first-order chi connectivity index (χ1) is 22.1. The third-order valence-corrected chi connectivity index (χ3v) is 8.10. The summed E-state index contributed by atoms with van der Waals surface area (Å²) in [5.74, 6) is 1.53. The van der Waals surface area contributed by atoms with Crippen LogP contribution in [0.4, 0.5) is 0 Å². The number of rotatable bonds is 7. The Labute approximate surface area is 264 Å². The molecule has 0 aliphatic rings. The van der Waals surface area contributed by atoms with Gasteiger partial charge in [-0.1, -0.05) is 91.0 Å². The van der Waals surface area contributed by atoms with Crippen LogP contribution in [0.3, 0.4) is 0 Å². The van der Waals surface area contributed by atoms with E-state index < -0.39 is 0 Å². The van der Waals surface area contributed by atoms with E-state index >= 15 is 0 Å². The van der Waals surface area contributed by atoms with Crippen molar-refractivity contribution in [2.75, 3.05) is 0 Å². The summed E-state index contributed by atoms with van der Waals surface area (Å²) in [6.45, 7) is 4.31. The lowest BCUT2D eigenvalue weighted by Crippen LogP contribution is -1.93. The molecule has 2 aromatic heterocycles. The minimum absolute atomic E-state index is 0.765. The molecule has 0 unspecified atom stereocenters. The van der Waals surface area contributed by atoms with Crippen molar-refractivity contribution < 1.29 is 4.74 Å². The van der Waals surface area contributed by atoms with Crippen LogP contribution >= 0.6 is 0 Å². The highest BCUT2D eigenvalue weighted by Gasteiger charge is 2.15. The van der Waals surface area contributed by atoms with Gasteiger partial charge in [0.15, 0.2) is 0 Å². The average molecular weight is 581 g/mol. The molecule has 0 aliphatic heterocycles. The molecular formula is C42H32N2O. The summed E-state index contributed by atoms with van der Waals surface area (Å²) >= 11 is 0. The molecule has 216 valence electrons. The van der Waals surface area contributed by atoms with Gasteiger partial charge >= 0.3 is 0 Å². The van der Waals surface area contributed by atoms with E-state index in [0.717, 1.165) is 61.8 Å². The molecule has 0 saturated heterocycles. The molecule has 45 heavy (non-hydrogen) atoms. The molecule has 0 spiro atoms. The lowest BCUT2D eigenvalue weighted by atomic mass is 9.90. The van der Waals surface area contributed by atoms with E-state index in [9.17, 15) is 0 Å². The van der Waals surface area contributed by atoms with Crippen molar-refractivity contribution in [3.63, 3.8) is 0 Å². The van der Waals surface area contributed by atoms with E-state index in [4.69, 9.17) is 4.74 Å². The minimum atomic E-state index is 0.765. The van der Waals surface area contributed by atoms with E-state index in [0.29, 0.717) is 0 Å². The quantitative estimate of drug-likeness (QED) is 0.188. The maximum Gasteiger partial charge on any atom is 0.128 e. The lowest BCUT2D eigenvalue weighted by molar-refractivity contribution is 0.483. The summed E-state index contributed by atoms with van der Waals surface area (Å²) in [5, 5.41) is 0. The number of aryl methyl sites for hydroxylation is 2. The van der Waals surface area contributed by atoms with Crippen molar-refractivity contribution in [3.8, 4) is 67.4 Å². The third-order valence-electron chi connectivity index (χ3n) is 8.10. The van der Waals surface area contributed by atoms with Gasteiger partial charge < -0.3 is 4.74 Å². The van der Waals surface area contributed by atoms with Crippen LogP contribution in [0.15, 0.2) is 158 Å². The molecule has 0 amide bonds. The predicted octanol–water partition coefficient (Wildman–Crippen LogP) is 11.2.